The van der Waals surface area contributed by atoms with Crippen molar-refractivity contribution in [2.75, 3.05) is 5.73 Å². The Morgan fingerprint density at radius 2 is 2.36 bits per heavy atom. The maximum absolute atomic E-state index is 5.60. The molecule has 1 rings (SSSR count). The molecule has 1 aromatic carbocycles. The summed E-state index contributed by atoms with van der Waals surface area (Å²) in [7, 11) is 0. The summed E-state index contributed by atoms with van der Waals surface area (Å²) in [5.41, 5.74) is 7.65. The van der Waals surface area contributed by atoms with Crippen molar-refractivity contribution in [2.24, 2.45) is 0 Å². The number of rotatable bonds is 3. The van der Waals surface area contributed by atoms with Gasteiger partial charge in [0.1, 0.15) is 0 Å². The van der Waals surface area contributed by atoms with E-state index >= 15 is 0 Å². The second-order valence-corrected chi connectivity index (χ2v) is 3.09. The Hall–Kier alpha value is -0.462. The molecular formula is C8H10N2W. The van der Waals surface area contributed by atoms with Gasteiger partial charge in [-0.3, -0.25) is 0 Å². The molecule has 2 nitrogen and oxygen atoms in total. The Kier molecular flexibility index (Phi) is 3.47. The minimum absolute atomic E-state index is 0.827. The normalized spacial score (nSPS) is 9.45. The van der Waals surface area contributed by atoms with Crippen LogP contribution in [0.4, 0.5) is 5.69 Å². The quantitative estimate of drug-likeness (QED) is 0.804. The van der Waals surface area contributed by atoms with Gasteiger partial charge in [0.05, 0.1) is 0 Å². The van der Waals surface area contributed by atoms with Gasteiger partial charge >= 0.3 is 77.0 Å². The van der Waals surface area contributed by atoms with E-state index in [0.29, 0.717) is 0 Å². The van der Waals surface area contributed by atoms with Gasteiger partial charge in [0, 0.05) is 0 Å². The van der Waals surface area contributed by atoms with Crippen LogP contribution in [0.5, 0.6) is 0 Å². The molecule has 0 radical (unpaired) electrons. The van der Waals surface area contributed by atoms with E-state index in [-0.39, 0.29) is 0 Å². The van der Waals surface area contributed by atoms with Gasteiger partial charge in [-0.2, -0.15) is 0 Å². The van der Waals surface area contributed by atoms with Crippen LogP contribution in [0, 0.1) is 0 Å². The summed E-state index contributed by atoms with van der Waals surface area (Å²) in [6, 6.07) is 7.90. The second-order valence-electron chi connectivity index (χ2n) is 2.24. The van der Waals surface area contributed by atoms with Gasteiger partial charge in [0.2, 0.25) is 0 Å². The first kappa shape index (κ1) is 8.63. The van der Waals surface area contributed by atoms with Gasteiger partial charge in [0.25, 0.3) is 0 Å². The molecule has 0 aromatic heterocycles. The van der Waals surface area contributed by atoms with Crippen molar-refractivity contribution < 1.29 is 19.4 Å². The maximum atomic E-state index is 5.60. The third-order valence-electron chi connectivity index (χ3n) is 1.34. The number of nitrogen functional groups attached to an aromatic ring is 1. The molecule has 1 aromatic rings. The Morgan fingerprint density at radius 3 is 3.00 bits per heavy atom. The standard InChI is InChI=1S/C8H10N2.W/c1-10-6-7-3-2-4-8(9)5-7;/h1-5,10H,6,9H2;. The summed E-state index contributed by atoms with van der Waals surface area (Å²) in [6.07, 6.45) is 0. The van der Waals surface area contributed by atoms with Crippen LogP contribution in [0.15, 0.2) is 24.3 Å². The fourth-order valence-electron chi connectivity index (χ4n) is 0.863. The average molecular weight is 318 g/mol. The number of hydrogen-bond acceptors (Lipinski definition) is 2. The van der Waals surface area contributed by atoms with Crippen molar-refractivity contribution in [2.45, 2.75) is 6.54 Å². The fraction of sp³-hybridized carbons (Fsp3) is 0.125. The summed E-state index contributed by atoms with van der Waals surface area (Å²) < 4.78 is 2.00. The number of nitrogens with two attached hydrogens (primary N) is 1. The molecule has 0 heterocycles. The second kappa shape index (κ2) is 4.42. The van der Waals surface area contributed by atoms with Crippen LogP contribution in [0.1, 0.15) is 5.56 Å². The molecule has 3 N–H and O–H groups in total. The van der Waals surface area contributed by atoms with Crippen molar-refractivity contribution in [3.05, 3.63) is 29.8 Å². The van der Waals surface area contributed by atoms with Gasteiger partial charge in [-0.25, -0.2) is 0 Å². The summed E-state index contributed by atoms with van der Waals surface area (Å²) >= 11 is 1.43. The number of benzene rings is 1. The molecule has 11 heavy (non-hydrogen) atoms. The molecule has 0 saturated carbocycles. The van der Waals surface area contributed by atoms with Gasteiger partial charge < -0.3 is 0 Å². The molecule has 0 saturated heterocycles. The third-order valence-corrected chi connectivity index (χ3v) is 1.94. The summed E-state index contributed by atoms with van der Waals surface area (Å²) in [5.74, 6) is 0. The molecule has 58 valence electrons. The first-order valence-electron chi connectivity index (χ1n) is 3.34. The Labute approximate surface area is 77.2 Å². The number of anilines is 1. The molecule has 0 aliphatic carbocycles. The van der Waals surface area contributed by atoms with Crippen molar-refractivity contribution in [1.29, 1.82) is 0 Å². The molecule has 0 aliphatic rings. The molecular weight excluding hydrogens is 308 g/mol. The molecule has 0 amide bonds. The van der Waals surface area contributed by atoms with Crippen LogP contribution in [0.3, 0.4) is 0 Å². The van der Waals surface area contributed by atoms with E-state index in [1.807, 2.05) is 22.7 Å². The fourth-order valence-corrected chi connectivity index (χ4v) is 1.16. The van der Waals surface area contributed by atoms with Crippen molar-refractivity contribution in [3.63, 3.8) is 0 Å². The Bertz CT molecular complexity index is 248. The summed E-state index contributed by atoms with van der Waals surface area (Å²) in [4.78, 5) is 0. The number of nitrogens with one attached hydrogen (secondary N) is 1. The van der Waals surface area contributed by atoms with E-state index in [9.17, 15) is 0 Å². The molecule has 0 aliphatic heterocycles. The van der Waals surface area contributed by atoms with Crippen molar-refractivity contribution in [3.8, 4) is 0 Å². The predicted octanol–water partition coefficient (Wildman–Crippen LogP) is 0.665. The van der Waals surface area contributed by atoms with E-state index in [0.717, 1.165) is 12.2 Å². The predicted molar refractivity (Wildman–Crippen MR) is 43.8 cm³/mol. The zero-order chi connectivity index (χ0) is 8.10. The number of hydrogen-bond donors (Lipinski definition) is 2. The molecule has 3 heteroatoms. The van der Waals surface area contributed by atoms with Crippen LogP contribution in [0.2, 0.25) is 0 Å². The third kappa shape index (κ3) is 2.96. The Balaban J connectivity index is 2.63. The van der Waals surface area contributed by atoms with E-state index in [2.05, 4.69) is 11.4 Å². The minimum atomic E-state index is 0.827. The molecule has 0 atom stereocenters. The van der Waals surface area contributed by atoms with Crippen LogP contribution in [-0.2, 0) is 25.9 Å². The van der Waals surface area contributed by atoms with Gasteiger partial charge in [0.15, 0.2) is 0 Å². The van der Waals surface area contributed by atoms with E-state index < -0.39 is 0 Å². The van der Waals surface area contributed by atoms with Crippen LogP contribution in [0.25, 0.3) is 0 Å². The molecule has 0 fully saturated rings. The Morgan fingerprint density at radius 1 is 1.55 bits per heavy atom. The van der Waals surface area contributed by atoms with Crippen LogP contribution >= 0.6 is 0 Å². The summed E-state index contributed by atoms with van der Waals surface area (Å²) in [6.45, 7) is 0.870. The van der Waals surface area contributed by atoms with Crippen molar-refractivity contribution >= 4 is 10.2 Å². The monoisotopic (exact) mass is 318 g/mol. The first-order chi connectivity index (χ1) is 5.33. The zero-order valence-corrected chi connectivity index (χ0v) is 9.01. The van der Waals surface area contributed by atoms with E-state index in [1.165, 1.54) is 24.9 Å². The van der Waals surface area contributed by atoms with Crippen LogP contribution in [-0.4, -0.2) is 4.52 Å². The zero-order valence-electron chi connectivity index (χ0n) is 6.08. The first-order valence-corrected chi connectivity index (χ1v) is 5.04. The van der Waals surface area contributed by atoms with E-state index in [1.54, 1.807) is 0 Å². The molecule has 0 spiro atoms. The van der Waals surface area contributed by atoms with Gasteiger partial charge in [-0.1, -0.05) is 0 Å². The summed E-state index contributed by atoms with van der Waals surface area (Å²) in [5, 5.41) is 3.15. The van der Waals surface area contributed by atoms with E-state index in [4.69, 9.17) is 5.73 Å². The molecule has 0 unspecified atom stereocenters. The van der Waals surface area contributed by atoms with Crippen molar-refractivity contribution in [1.82, 2.24) is 5.32 Å². The van der Waals surface area contributed by atoms with Gasteiger partial charge in [-0.05, 0) is 0 Å². The topological polar surface area (TPSA) is 38.0 Å². The SMILES string of the molecule is Nc1cccc(CN[CH]=[W])c1. The van der Waals surface area contributed by atoms with Crippen LogP contribution < -0.4 is 11.1 Å². The average Bonchev–Trinajstić information content (AvgIpc) is 2.01. The van der Waals surface area contributed by atoms with Gasteiger partial charge in [-0.15, -0.1) is 0 Å². The molecule has 0 bridgehead atoms.